The van der Waals surface area contributed by atoms with Crippen molar-refractivity contribution in [1.82, 2.24) is 5.32 Å². The number of ether oxygens (including phenoxy) is 2. The monoisotopic (exact) mass is 333 g/mol. The van der Waals surface area contributed by atoms with E-state index in [1.807, 2.05) is 0 Å². The Balaban J connectivity index is 2.74. The number of amides is 1. The first kappa shape index (κ1) is 19.1. The number of nitrogens with one attached hydrogen (secondary N) is 1. The van der Waals surface area contributed by atoms with E-state index in [2.05, 4.69) is 5.32 Å². The largest absolute Gasteiger partial charge is 0.497 e. The van der Waals surface area contributed by atoms with Crippen molar-refractivity contribution in [3.63, 3.8) is 0 Å². The summed E-state index contributed by atoms with van der Waals surface area (Å²) in [4.78, 5) is 11.4. The number of carbonyl (C=O) groups excluding carboxylic acids is 1. The standard InChI is InChI=1S/C15H21F2NO5/c1-15(2,3)23-14(21)18-7-11(19)13(20)12-9(16)5-8(22-4)6-10(12)17/h5-6,11,13,19-20H,7H2,1-4H3,(H,18,21). The van der Waals surface area contributed by atoms with Gasteiger partial charge in [-0.3, -0.25) is 0 Å². The highest BCUT2D eigenvalue weighted by Gasteiger charge is 2.27. The third-order valence-corrected chi connectivity index (χ3v) is 2.80. The van der Waals surface area contributed by atoms with Crippen molar-refractivity contribution >= 4 is 6.09 Å². The van der Waals surface area contributed by atoms with Crippen molar-refractivity contribution in [2.75, 3.05) is 13.7 Å². The molecule has 2 unspecified atom stereocenters. The van der Waals surface area contributed by atoms with E-state index >= 15 is 0 Å². The molecule has 0 saturated carbocycles. The van der Waals surface area contributed by atoms with Crippen LogP contribution in [0.25, 0.3) is 0 Å². The maximum absolute atomic E-state index is 13.8. The summed E-state index contributed by atoms with van der Waals surface area (Å²) >= 11 is 0. The summed E-state index contributed by atoms with van der Waals surface area (Å²) < 4.78 is 37.3. The number of halogens is 2. The molecular weight excluding hydrogens is 312 g/mol. The SMILES string of the molecule is COc1cc(F)c(C(O)C(O)CNC(=O)OC(C)(C)C)c(F)c1. The fourth-order valence-corrected chi connectivity index (χ4v) is 1.77. The van der Waals surface area contributed by atoms with E-state index in [-0.39, 0.29) is 5.75 Å². The smallest absolute Gasteiger partial charge is 0.407 e. The summed E-state index contributed by atoms with van der Waals surface area (Å²) in [5.74, 6) is -2.19. The third kappa shape index (κ3) is 5.65. The van der Waals surface area contributed by atoms with Gasteiger partial charge in [0, 0.05) is 18.7 Å². The molecule has 0 saturated heterocycles. The van der Waals surface area contributed by atoms with Gasteiger partial charge in [-0.1, -0.05) is 0 Å². The molecule has 2 atom stereocenters. The highest BCUT2D eigenvalue weighted by atomic mass is 19.1. The quantitative estimate of drug-likeness (QED) is 0.766. The molecule has 0 aromatic heterocycles. The van der Waals surface area contributed by atoms with Gasteiger partial charge in [-0.15, -0.1) is 0 Å². The van der Waals surface area contributed by atoms with E-state index in [9.17, 15) is 23.8 Å². The molecule has 8 heteroatoms. The molecule has 0 fully saturated rings. The molecule has 0 heterocycles. The Morgan fingerprint density at radius 2 is 1.78 bits per heavy atom. The number of alkyl carbamates (subject to hydrolysis) is 1. The second kappa shape index (κ2) is 7.56. The van der Waals surface area contributed by atoms with Gasteiger partial charge in [-0.2, -0.15) is 0 Å². The minimum Gasteiger partial charge on any atom is -0.497 e. The minimum absolute atomic E-state index is 0.0580. The summed E-state index contributed by atoms with van der Waals surface area (Å²) in [6.07, 6.45) is -4.31. The molecule has 0 bridgehead atoms. The van der Waals surface area contributed by atoms with Gasteiger partial charge < -0.3 is 25.0 Å². The van der Waals surface area contributed by atoms with Crippen LogP contribution >= 0.6 is 0 Å². The van der Waals surface area contributed by atoms with E-state index in [0.717, 1.165) is 12.1 Å². The zero-order valence-electron chi connectivity index (χ0n) is 13.4. The number of rotatable bonds is 5. The molecule has 1 rings (SSSR count). The van der Waals surface area contributed by atoms with Crippen LogP contribution in [0.2, 0.25) is 0 Å². The molecule has 0 radical (unpaired) electrons. The van der Waals surface area contributed by atoms with Gasteiger partial charge >= 0.3 is 6.09 Å². The molecule has 3 N–H and O–H groups in total. The van der Waals surface area contributed by atoms with Gasteiger partial charge in [0.25, 0.3) is 0 Å². The van der Waals surface area contributed by atoms with Gasteiger partial charge in [0.15, 0.2) is 0 Å². The van der Waals surface area contributed by atoms with Crippen LogP contribution < -0.4 is 10.1 Å². The Labute approximate surface area is 133 Å². The molecule has 6 nitrogen and oxygen atoms in total. The maximum Gasteiger partial charge on any atom is 0.407 e. The molecule has 0 aliphatic carbocycles. The summed E-state index contributed by atoms with van der Waals surface area (Å²) in [7, 11) is 1.24. The fourth-order valence-electron chi connectivity index (χ4n) is 1.77. The van der Waals surface area contributed by atoms with E-state index in [1.54, 1.807) is 20.8 Å². The summed E-state index contributed by atoms with van der Waals surface area (Å²) in [5, 5.41) is 21.9. The molecule has 1 amide bonds. The molecule has 0 aliphatic rings. The first-order chi connectivity index (χ1) is 10.5. The van der Waals surface area contributed by atoms with Gasteiger partial charge in [0.1, 0.15) is 35.2 Å². The van der Waals surface area contributed by atoms with Crippen molar-refractivity contribution in [2.24, 2.45) is 0 Å². The average molecular weight is 333 g/mol. The highest BCUT2D eigenvalue weighted by Crippen LogP contribution is 2.27. The van der Waals surface area contributed by atoms with Gasteiger partial charge in [0.2, 0.25) is 0 Å². The van der Waals surface area contributed by atoms with E-state index < -0.39 is 47.6 Å². The minimum atomic E-state index is -1.86. The average Bonchev–Trinajstić information content (AvgIpc) is 2.41. The lowest BCUT2D eigenvalue weighted by molar-refractivity contribution is 0.00948. The van der Waals surface area contributed by atoms with Crippen LogP contribution in [0.3, 0.4) is 0 Å². The van der Waals surface area contributed by atoms with Crippen molar-refractivity contribution in [3.05, 3.63) is 29.3 Å². The van der Waals surface area contributed by atoms with Crippen LogP contribution in [-0.4, -0.2) is 41.7 Å². The topological polar surface area (TPSA) is 88.0 Å². The fraction of sp³-hybridized carbons (Fsp3) is 0.533. The van der Waals surface area contributed by atoms with E-state index in [1.165, 1.54) is 7.11 Å². The van der Waals surface area contributed by atoms with E-state index in [4.69, 9.17) is 9.47 Å². The first-order valence-corrected chi connectivity index (χ1v) is 6.91. The zero-order valence-corrected chi connectivity index (χ0v) is 13.4. The molecule has 130 valence electrons. The lowest BCUT2D eigenvalue weighted by Crippen LogP contribution is -2.39. The predicted octanol–water partition coefficient (Wildman–Crippen LogP) is 1.89. The number of carbonyl (C=O) groups is 1. The van der Waals surface area contributed by atoms with Crippen LogP contribution in [0.5, 0.6) is 5.75 Å². The Hall–Kier alpha value is -1.93. The molecule has 0 spiro atoms. The van der Waals surface area contributed by atoms with Gasteiger partial charge in [-0.05, 0) is 20.8 Å². The Morgan fingerprint density at radius 1 is 1.26 bits per heavy atom. The lowest BCUT2D eigenvalue weighted by Gasteiger charge is -2.22. The molecule has 1 aromatic carbocycles. The Bertz CT molecular complexity index is 536. The Kier molecular flexibility index (Phi) is 6.28. The summed E-state index contributed by atoms with van der Waals surface area (Å²) in [5.41, 5.74) is -1.44. The third-order valence-electron chi connectivity index (χ3n) is 2.80. The number of hydrogen-bond acceptors (Lipinski definition) is 5. The summed E-state index contributed by atoms with van der Waals surface area (Å²) in [6, 6.07) is 1.77. The Morgan fingerprint density at radius 3 is 2.22 bits per heavy atom. The van der Waals surface area contributed by atoms with E-state index in [0.29, 0.717) is 0 Å². The molecule has 0 aliphatic heterocycles. The normalized spacial score (nSPS) is 14.1. The van der Waals surface area contributed by atoms with Crippen molar-refractivity contribution in [3.8, 4) is 5.75 Å². The molecule has 23 heavy (non-hydrogen) atoms. The molecule has 1 aromatic rings. The number of hydrogen-bond donors (Lipinski definition) is 3. The van der Waals surface area contributed by atoms with Crippen molar-refractivity contribution < 1.29 is 33.3 Å². The zero-order chi connectivity index (χ0) is 17.8. The van der Waals surface area contributed by atoms with Crippen molar-refractivity contribution in [2.45, 2.75) is 38.6 Å². The summed E-state index contributed by atoms with van der Waals surface area (Å²) in [6.45, 7) is 4.51. The van der Waals surface area contributed by atoms with Crippen molar-refractivity contribution in [1.29, 1.82) is 0 Å². The van der Waals surface area contributed by atoms with Gasteiger partial charge in [-0.25, -0.2) is 13.6 Å². The second-order valence-corrected chi connectivity index (χ2v) is 5.90. The predicted molar refractivity (Wildman–Crippen MR) is 78.1 cm³/mol. The van der Waals surface area contributed by atoms with Crippen LogP contribution in [0, 0.1) is 11.6 Å². The highest BCUT2D eigenvalue weighted by molar-refractivity contribution is 5.67. The number of benzene rings is 1. The second-order valence-electron chi connectivity index (χ2n) is 5.90. The lowest BCUT2D eigenvalue weighted by atomic mass is 10.0. The number of methoxy groups -OCH3 is 1. The van der Waals surface area contributed by atoms with Crippen LogP contribution in [0.15, 0.2) is 12.1 Å². The number of aliphatic hydroxyl groups is 2. The maximum atomic E-state index is 13.8. The van der Waals surface area contributed by atoms with Crippen LogP contribution in [0.4, 0.5) is 13.6 Å². The first-order valence-electron chi connectivity index (χ1n) is 6.91. The van der Waals surface area contributed by atoms with Crippen LogP contribution in [-0.2, 0) is 4.74 Å². The van der Waals surface area contributed by atoms with Gasteiger partial charge in [0.05, 0.1) is 12.7 Å². The molecular formula is C15H21F2NO5. The number of aliphatic hydroxyl groups excluding tert-OH is 2. The van der Waals surface area contributed by atoms with Crippen LogP contribution in [0.1, 0.15) is 32.4 Å².